The van der Waals surface area contributed by atoms with Crippen LogP contribution in [0.15, 0.2) is 54.7 Å². The highest BCUT2D eigenvalue weighted by molar-refractivity contribution is 5.92. The Morgan fingerprint density at radius 2 is 2.06 bits per heavy atom. The molecule has 1 amide bonds. The summed E-state index contributed by atoms with van der Waals surface area (Å²) in [4.78, 5) is 17.3. The fourth-order valence-corrected chi connectivity index (χ4v) is 4.27. The highest BCUT2D eigenvalue weighted by Crippen LogP contribution is 2.24. The topological polar surface area (TPSA) is 68.2 Å². The van der Waals surface area contributed by atoms with Gasteiger partial charge in [0.05, 0.1) is 12.6 Å². The molecule has 6 nitrogen and oxygen atoms in total. The lowest BCUT2D eigenvalue weighted by Crippen LogP contribution is -2.42. The van der Waals surface area contributed by atoms with Gasteiger partial charge in [-0.3, -0.25) is 4.79 Å². The van der Waals surface area contributed by atoms with Crippen molar-refractivity contribution in [2.75, 3.05) is 6.61 Å². The minimum absolute atomic E-state index is 0.0669. The van der Waals surface area contributed by atoms with E-state index in [4.69, 9.17) is 4.74 Å². The molecule has 0 spiro atoms. The number of carbonyl (C=O) groups excluding carboxylic acids is 1. The molecule has 2 atom stereocenters. The van der Waals surface area contributed by atoms with Crippen LogP contribution in [0.5, 0.6) is 5.75 Å². The van der Waals surface area contributed by atoms with Gasteiger partial charge in [-0.25, -0.2) is 9.37 Å². The summed E-state index contributed by atoms with van der Waals surface area (Å²) < 4.78 is 20.9. The maximum absolute atomic E-state index is 13.1. The first-order valence-electron chi connectivity index (χ1n) is 10.7. The second kappa shape index (κ2) is 8.51. The first-order valence-corrected chi connectivity index (χ1v) is 10.7. The van der Waals surface area contributed by atoms with Crippen molar-refractivity contribution in [1.82, 2.24) is 20.2 Å². The SMILES string of the molecule is O=C(NC1COc2ccccc2C1)c1cn2c(n1)CNC(CCc1ccc(F)cc1)C2. The van der Waals surface area contributed by atoms with Gasteiger partial charge in [-0.1, -0.05) is 30.3 Å². The molecule has 3 heterocycles. The molecule has 0 fully saturated rings. The van der Waals surface area contributed by atoms with E-state index in [1.165, 1.54) is 12.1 Å². The van der Waals surface area contributed by atoms with Gasteiger partial charge >= 0.3 is 0 Å². The summed E-state index contributed by atoms with van der Waals surface area (Å²) in [5.41, 5.74) is 2.67. The molecule has 3 aromatic rings. The van der Waals surface area contributed by atoms with Crippen LogP contribution in [0.3, 0.4) is 0 Å². The second-order valence-corrected chi connectivity index (χ2v) is 8.23. The predicted octanol–water partition coefficient (Wildman–Crippen LogP) is 2.86. The Hall–Kier alpha value is -3.19. The van der Waals surface area contributed by atoms with Crippen molar-refractivity contribution in [3.63, 3.8) is 0 Å². The Balaban J connectivity index is 1.18. The van der Waals surface area contributed by atoms with Gasteiger partial charge in [-0.05, 0) is 48.6 Å². The molecule has 31 heavy (non-hydrogen) atoms. The standard InChI is InChI=1S/C24H25FN4O2/c25-18-8-5-16(6-9-18)7-10-19-13-29-14-21(28-23(29)12-26-19)24(30)27-20-11-17-3-1-2-4-22(17)31-15-20/h1-6,8-9,14,19-20,26H,7,10-13,15H2,(H,27,30). The summed E-state index contributed by atoms with van der Waals surface area (Å²) in [5, 5.41) is 6.55. The number of hydrogen-bond acceptors (Lipinski definition) is 4. The lowest BCUT2D eigenvalue weighted by Gasteiger charge is -2.25. The van der Waals surface area contributed by atoms with Crippen LogP contribution in [0.25, 0.3) is 0 Å². The number of halogens is 1. The van der Waals surface area contributed by atoms with E-state index in [9.17, 15) is 9.18 Å². The Bertz CT molecular complexity index is 1080. The number of rotatable bonds is 5. The molecule has 7 heteroatoms. The molecule has 5 rings (SSSR count). The number of aryl methyl sites for hydroxylation is 1. The maximum atomic E-state index is 13.1. The maximum Gasteiger partial charge on any atom is 0.271 e. The Labute approximate surface area is 180 Å². The van der Waals surface area contributed by atoms with E-state index in [1.807, 2.05) is 42.6 Å². The Morgan fingerprint density at radius 3 is 2.94 bits per heavy atom. The van der Waals surface area contributed by atoms with Gasteiger partial charge in [0.25, 0.3) is 5.91 Å². The summed E-state index contributed by atoms with van der Waals surface area (Å²) in [6.45, 7) is 1.85. The summed E-state index contributed by atoms with van der Waals surface area (Å²) in [6.07, 6.45) is 4.40. The number of imidazole rings is 1. The summed E-state index contributed by atoms with van der Waals surface area (Å²) in [6, 6.07) is 14.8. The van der Waals surface area contributed by atoms with Crippen molar-refractivity contribution in [3.8, 4) is 5.75 Å². The van der Waals surface area contributed by atoms with Crippen molar-refractivity contribution >= 4 is 5.91 Å². The molecular formula is C24H25FN4O2. The fourth-order valence-electron chi connectivity index (χ4n) is 4.27. The third-order valence-electron chi connectivity index (χ3n) is 5.97. The molecule has 0 radical (unpaired) electrons. The molecule has 2 aromatic carbocycles. The molecule has 2 N–H and O–H groups in total. The lowest BCUT2D eigenvalue weighted by molar-refractivity contribution is 0.0910. The Morgan fingerprint density at radius 1 is 1.23 bits per heavy atom. The Kier molecular flexibility index (Phi) is 5.42. The summed E-state index contributed by atoms with van der Waals surface area (Å²) in [5.74, 6) is 1.38. The number of benzene rings is 2. The van der Waals surface area contributed by atoms with Gasteiger partial charge in [-0.15, -0.1) is 0 Å². The molecular weight excluding hydrogens is 395 g/mol. The molecule has 1 aromatic heterocycles. The average molecular weight is 420 g/mol. The number of hydrogen-bond donors (Lipinski definition) is 2. The number of amides is 1. The second-order valence-electron chi connectivity index (χ2n) is 8.23. The van der Waals surface area contributed by atoms with Gasteiger partial charge in [0.15, 0.2) is 0 Å². The minimum Gasteiger partial charge on any atom is -0.491 e. The quantitative estimate of drug-likeness (QED) is 0.666. The molecule has 2 unspecified atom stereocenters. The van der Waals surface area contributed by atoms with E-state index >= 15 is 0 Å². The van der Waals surface area contributed by atoms with E-state index in [0.717, 1.165) is 48.5 Å². The molecule has 2 aliphatic rings. The zero-order valence-corrected chi connectivity index (χ0v) is 17.2. The molecule has 0 aliphatic carbocycles. The fraction of sp³-hybridized carbons (Fsp3) is 0.333. The van der Waals surface area contributed by atoms with E-state index in [0.29, 0.717) is 18.8 Å². The van der Waals surface area contributed by atoms with Crippen LogP contribution in [-0.4, -0.2) is 34.1 Å². The smallest absolute Gasteiger partial charge is 0.271 e. The zero-order chi connectivity index (χ0) is 21.2. The number of ether oxygens (including phenoxy) is 1. The van der Waals surface area contributed by atoms with Gasteiger partial charge in [0.1, 0.15) is 29.7 Å². The van der Waals surface area contributed by atoms with Crippen molar-refractivity contribution in [3.05, 3.63) is 83.2 Å². The number of carbonyl (C=O) groups is 1. The first-order chi connectivity index (χ1) is 15.1. The third-order valence-corrected chi connectivity index (χ3v) is 5.97. The molecule has 0 bridgehead atoms. The summed E-state index contributed by atoms with van der Waals surface area (Å²) in [7, 11) is 0. The monoisotopic (exact) mass is 420 g/mol. The number of aromatic nitrogens is 2. The zero-order valence-electron chi connectivity index (χ0n) is 17.2. The average Bonchev–Trinajstić information content (AvgIpc) is 3.22. The van der Waals surface area contributed by atoms with E-state index in [1.54, 1.807) is 0 Å². The highest BCUT2D eigenvalue weighted by Gasteiger charge is 2.25. The van der Waals surface area contributed by atoms with Crippen LogP contribution < -0.4 is 15.4 Å². The largest absolute Gasteiger partial charge is 0.491 e. The van der Waals surface area contributed by atoms with Crippen molar-refractivity contribution < 1.29 is 13.9 Å². The van der Waals surface area contributed by atoms with Crippen molar-refractivity contribution in [2.45, 2.75) is 44.4 Å². The van der Waals surface area contributed by atoms with Gasteiger partial charge in [0, 0.05) is 18.8 Å². The van der Waals surface area contributed by atoms with Crippen LogP contribution in [0.1, 0.15) is 33.9 Å². The van der Waals surface area contributed by atoms with Crippen molar-refractivity contribution in [2.24, 2.45) is 0 Å². The number of para-hydroxylation sites is 1. The van der Waals surface area contributed by atoms with Crippen LogP contribution in [0, 0.1) is 5.82 Å². The summed E-state index contributed by atoms with van der Waals surface area (Å²) >= 11 is 0. The minimum atomic E-state index is -0.211. The van der Waals surface area contributed by atoms with E-state index in [-0.39, 0.29) is 23.8 Å². The molecule has 0 saturated heterocycles. The highest BCUT2D eigenvalue weighted by atomic mass is 19.1. The van der Waals surface area contributed by atoms with Crippen LogP contribution in [-0.2, 0) is 25.9 Å². The van der Waals surface area contributed by atoms with Gasteiger partial charge in [-0.2, -0.15) is 0 Å². The predicted molar refractivity (Wildman–Crippen MR) is 114 cm³/mol. The van der Waals surface area contributed by atoms with E-state index in [2.05, 4.69) is 20.2 Å². The molecule has 160 valence electrons. The van der Waals surface area contributed by atoms with E-state index < -0.39 is 0 Å². The number of fused-ring (bicyclic) bond motifs is 2. The molecule has 2 aliphatic heterocycles. The van der Waals surface area contributed by atoms with Crippen LogP contribution in [0.2, 0.25) is 0 Å². The first kappa shape index (κ1) is 19.8. The number of nitrogens with one attached hydrogen (secondary N) is 2. The lowest BCUT2D eigenvalue weighted by atomic mass is 10.0. The molecule has 0 saturated carbocycles. The van der Waals surface area contributed by atoms with Crippen LogP contribution >= 0.6 is 0 Å². The van der Waals surface area contributed by atoms with Crippen LogP contribution in [0.4, 0.5) is 4.39 Å². The third kappa shape index (κ3) is 4.46. The van der Waals surface area contributed by atoms with Crippen molar-refractivity contribution in [1.29, 1.82) is 0 Å². The normalized spacial score (nSPS) is 19.8. The number of nitrogens with zero attached hydrogens (tertiary/aromatic N) is 2. The van der Waals surface area contributed by atoms with Gasteiger partial charge in [0.2, 0.25) is 0 Å². The van der Waals surface area contributed by atoms with Gasteiger partial charge < -0.3 is 19.9 Å².